The molecule has 0 unspecified atom stereocenters. The lowest BCUT2D eigenvalue weighted by molar-refractivity contribution is -0.130. The molecule has 0 aliphatic carbocycles. The smallest absolute Gasteiger partial charge is 0.223 e. The molecule has 1 heterocycles. The summed E-state index contributed by atoms with van der Waals surface area (Å²) in [5.41, 5.74) is 5.35. The summed E-state index contributed by atoms with van der Waals surface area (Å²) in [5, 5.41) is 0. The minimum Gasteiger partial charge on any atom is -0.384 e. The van der Waals surface area contributed by atoms with Crippen molar-refractivity contribution in [3.63, 3.8) is 0 Å². The van der Waals surface area contributed by atoms with Gasteiger partial charge in [0.05, 0.1) is 6.61 Å². The summed E-state index contributed by atoms with van der Waals surface area (Å²) < 4.78 is 5.12. The van der Waals surface area contributed by atoms with Gasteiger partial charge in [-0.05, 0) is 5.92 Å². The maximum Gasteiger partial charge on any atom is 0.223 e. The van der Waals surface area contributed by atoms with Crippen molar-refractivity contribution in [3.05, 3.63) is 0 Å². The van der Waals surface area contributed by atoms with E-state index in [4.69, 9.17) is 10.5 Å². The molecule has 1 aliphatic rings. The summed E-state index contributed by atoms with van der Waals surface area (Å²) in [7, 11) is 1.71. The maximum atomic E-state index is 11.5. The van der Waals surface area contributed by atoms with E-state index in [2.05, 4.69) is 6.92 Å². The Kier molecular flexibility index (Phi) is 4.35. The number of nitrogens with two attached hydrogens (primary N) is 1. The van der Waals surface area contributed by atoms with Crippen LogP contribution >= 0.6 is 0 Å². The van der Waals surface area contributed by atoms with Crippen molar-refractivity contribution < 1.29 is 9.53 Å². The number of methoxy groups -OCH3 is 1. The lowest BCUT2D eigenvalue weighted by Crippen LogP contribution is -2.30. The number of nitrogens with zero attached hydrogens (tertiary/aromatic N) is 1. The summed E-state index contributed by atoms with van der Waals surface area (Å²) in [4.78, 5) is 13.4. The molecule has 0 radical (unpaired) electrons. The highest BCUT2D eigenvalue weighted by molar-refractivity contribution is 5.76. The summed E-state index contributed by atoms with van der Waals surface area (Å²) >= 11 is 0. The molecule has 1 fully saturated rings. The average Bonchev–Trinajstić information content (AvgIpc) is 2.49. The van der Waals surface area contributed by atoms with Crippen LogP contribution < -0.4 is 5.73 Å². The number of amides is 1. The van der Waals surface area contributed by atoms with Crippen LogP contribution in [0.3, 0.4) is 0 Å². The van der Waals surface area contributed by atoms with E-state index in [0.717, 1.165) is 19.7 Å². The van der Waals surface area contributed by atoms with Crippen molar-refractivity contribution in [1.82, 2.24) is 4.90 Å². The Morgan fingerprint density at radius 1 is 1.57 bits per heavy atom. The summed E-state index contributed by atoms with van der Waals surface area (Å²) in [6, 6.07) is 0. The van der Waals surface area contributed by atoms with Gasteiger partial charge in [-0.3, -0.25) is 4.79 Å². The van der Waals surface area contributed by atoms with E-state index in [0.29, 0.717) is 24.8 Å². The summed E-state index contributed by atoms with van der Waals surface area (Å²) in [6.45, 7) is 5.03. The van der Waals surface area contributed by atoms with Crippen LogP contribution in [0.5, 0.6) is 0 Å². The first-order chi connectivity index (χ1) is 6.69. The zero-order valence-corrected chi connectivity index (χ0v) is 9.03. The summed E-state index contributed by atoms with van der Waals surface area (Å²) in [6.07, 6.45) is 0.465. The van der Waals surface area contributed by atoms with E-state index in [9.17, 15) is 4.79 Å². The number of likely N-dealkylation sites (tertiary alicyclic amines) is 1. The van der Waals surface area contributed by atoms with Crippen molar-refractivity contribution in [3.8, 4) is 0 Å². The average molecular weight is 200 g/mol. The van der Waals surface area contributed by atoms with E-state index in [-0.39, 0.29) is 5.91 Å². The third kappa shape index (κ3) is 2.69. The van der Waals surface area contributed by atoms with E-state index < -0.39 is 0 Å². The van der Waals surface area contributed by atoms with Crippen molar-refractivity contribution >= 4 is 5.91 Å². The highest BCUT2D eigenvalue weighted by atomic mass is 16.5. The highest BCUT2D eigenvalue weighted by Gasteiger charge is 2.31. The molecule has 2 N–H and O–H groups in total. The van der Waals surface area contributed by atoms with Gasteiger partial charge in [0, 0.05) is 39.1 Å². The Morgan fingerprint density at radius 3 is 2.86 bits per heavy atom. The predicted molar refractivity (Wildman–Crippen MR) is 54.8 cm³/mol. The molecule has 0 bridgehead atoms. The molecule has 1 rings (SSSR count). The molecule has 0 saturated carbocycles. The van der Waals surface area contributed by atoms with E-state index in [1.807, 2.05) is 4.90 Å². The fourth-order valence-corrected chi connectivity index (χ4v) is 1.95. The molecule has 2 atom stereocenters. The minimum atomic E-state index is 0.179. The van der Waals surface area contributed by atoms with Crippen molar-refractivity contribution in [2.75, 3.05) is 33.4 Å². The van der Waals surface area contributed by atoms with Crippen molar-refractivity contribution in [2.24, 2.45) is 17.6 Å². The molecular weight excluding hydrogens is 180 g/mol. The lowest BCUT2D eigenvalue weighted by Gasteiger charge is -2.15. The molecule has 0 spiro atoms. The molecule has 14 heavy (non-hydrogen) atoms. The number of carbonyl (C=O) groups is 1. The van der Waals surface area contributed by atoms with E-state index in [1.54, 1.807) is 7.11 Å². The number of rotatable bonds is 4. The molecule has 0 aromatic rings. The molecular formula is C10H20N2O2. The topological polar surface area (TPSA) is 55.6 Å². The van der Waals surface area contributed by atoms with Crippen LogP contribution in [0.2, 0.25) is 0 Å². The van der Waals surface area contributed by atoms with Gasteiger partial charge in [-0.2, -0.15) is 0 Å². The number of hydrogen-bond acceptors (Lipinski definition) is 3. The Hall–Kier alpha value is -0.610. The Morgan fingerprint density at radius 2 is 2.29 bits per heavy atom. The Balaban J connectivity index is 2.41. The largest absolute Gasteiger partial charge is 0.384 e. The zero-order chi connectivity index (χ0) is 10.6. The van der Waals surface area contributed by atoms with Crippen LogP contribution in [0.1, 0.15) is 13.3 Å². The van der Waals surface area contributed by atoms with Crippen LogP contribution in [0, 0.1) is 11.8 Å². The van der Waals surface area contributed by atoms with Gasteiger partial charge in [0.15, 0.2) is 0 Å². The fraction of sp³-hybridized carbons (Fsp3) is 0.900. The van der Waals surface area contributed by atoms with Crippen LogP contribution in [0.25, 0.3) is 0 Å². The molecule has 82 valence electrons. The Labute approximate surface area is 85.4 Å². The molecule has 4 nitrogen and oxygen atoms in total. The van der Waals surface area contributed by atoms with Gasteiger partial charge in [0.25, 0.3) is 0 Å². The quantitative estimate of drug-likeness (QED) is 0.699. The normalized spacial score (nSPS) is 26.9. The van der Waals surface area contributed by atoms with Crippen LogP contribution in [0.4, 0.5) is 0 Å². The zero-order valence-electron chi connectivity index (χ0n) is 9.03. The Bertz CT molecular complexity index is 197. The van der Waals surface area contributed by atoms with E-state index >= 15 is 0 Å². The van der Waals surface area contributed by atoms with Crippen LogP contribution in [-0.2, 0) is 9.53 Å². The SMILES string of the molecule is COC[C@H]1CN(C(=O)CCN)C[C@H]1C. The molecule has 1 aliphatic heterocycles. The third-order valence-corrected chi connectivity index (χ3v) is 2.86. The third-order valence-electron chi connectivity index (χ3n) is 2.86. The van der Waals surface area contributed by atoms with Crippen LogP contribution in [0.15, 0.2) is 0 Å². The fourth-order valence-electron chi connectivity index (χ4n) is 1.95. The first kappa shape index (κ1) is 11.5. The minimum absolute atomic E-state index is 0.179. The molecule has 4 heteroatoms. The summed E-state index contributed by atoms with van der Waals surface area (Å²) in [5.74, 6) is 1.20. The van der Waals surface area contributed by atoms with Gasteiger partial charge in [-0.25, -0.2) is 0 Å². The number of hydrogen-bond donors (Lipinski definition) is 1. The van der Waals surface area contributed by atoms with Crippen LogP contribution in [-0.4, -0.2) is 44.2 Å². The van der Waals surface area contributed by atoms with Gasteiger partial charge in [-0.1, -0.05) is 6.92 Å². The second-order valence-electron chi connectivity index (χ2n) is 4.03. The second-order valence-corrected chi connectivity index (χ2v) is 4.03. The molecule has 1 saturated heterocycles. The van der Waals surface area contributed by atoms with Gasteiger partial charge >= 0.3 is 0 Å². The van der Waals surface area contributed by atoms with Gasteiger partial charge in [0.2, 0.25) is 5.91 Å². The highest BCUT2D eigenvalue weighted by Crippen LogP contribution is 2.23. The van der Waals surface area contributed by atoms with Gasteiger partial charge in [-0.15, -0.1) is 0 Å². The second kappa shape index (κ2) is 5.32. The molecule has 0 aromatic carbocycles. The first-order valence-electron chi connectivity index (χ1n) is 5.15. The molecule has 0 aromatic heterocycles. The van der Waals surface area contributed by atoms with Crippen molar-refractivity contribution in [2.45, 2.75) is 13.3 Å². The monoisotopic (exact) mass is 200 g/mol. The standard InChI is InChI=1S/C10H20N2O2/c1-8-5-12(10(13)3-4-11)6-9(8)7-14-2/h8-9H,3-7,11H2,1-2H3/t8-,9-/m1/s1. The number of ether oxygens (including phenoxy) is 1. The van der Waals surface area contributed by atoms with Gasteiger partial charge < -0.3 is 15.4 Å². The maximum absolute atomic E-state index is 11.5. The predicted octanol–water partition coefficient (Wildman–Crippen LogP) is 0.0761. The molecule has 1 amide bonds. The first-order valence-corrected chi connectivity index (χ1v) is 5.15. The number of carbonyl (C=O) groups excluding carboxylic acids is 1. The van der Waals surface area contributed by atoms with E-state index in [1.165, 1.54) is 0 Å². The van der Waals surface area contributed by atoms with Crippen molar-refractivity contribution in [1.29, 1.82) is 0 Å². The van der Waals surface area contributed by atoms with Gasteiger partial charge in [0.1, 0.15) is 0 Å². The lowest BCUT2D eigenvalue weighted by atomic mass is 10.00.